The summed E-state index contributed by atoms with van der Waals surface area (Å²) in [7, 11) is 0. The van der Waals surface area contributed by atoms with Crippen LogP contribution in [0.3, 0.4) is 0 Å². The number of rotatable bonds is 3. The number of nitrogens with zero attached hydrogens (tertiary/aromatic N) is 3. The summed E-state index contributed by atoms with van der Waals surface area (Å²) in [5, 5.41) is 14.8. The Labute approximate surface area is 135 Å². The van der Waals surface area contributed by atoms with Crippen molar-refractivity contribution < 1.29 is 4.74 Å². The zero-order valence-corrected chi connectivity index (χ0v) is 13.6. The predicted octanol–water partition coefficient (Wildman–Crippen LogP) is 2.86. The van der Waals surface area contributed by atoms with Gasteiger partial charge in [0.15, 0.2) is 0 Å². The lowest BCUT2D eigenvalue weighted by Crippen LogP contribution is -2.17. The highest BCUT2D eigenvalue weighted by Gasteiger charge is 2.30. The second-order valence-corrected chi connectivity index (χ2v) is 6.25. The molecule has 120 valence electrons. The summed E-state index contributed by atoms with van der Waals surface area (Å²) in [6.45, 7) is 9.33. The maximum absolute atomic E-state index is 11.4. The summed E-state index contributed by atoms with van der Waals surface area (Å²) in [5.74, 6) is 1.01. The van der Waals surface area contributed by atoms with Crippen LogP contribution in [-0.2, 0) is 6.42 Å². The molecule has 3 rings (SSSR count). The third-order valence-electron chi connectivity index (χ3n) is 4.37. The third-order valence-corrected chi connectivity index (χ3v) is 4.37. The molecule has 1 aliphatic carbocycles. The van der Waals surface area contributed by atoms with E-state index in [1.54, 1.807) is 6.92 Å². The first kappa shape index (κ1) is 15.3. The lowest BCUT2D eigenvalue weighted by atomic mass is 10.0. The fourth-order valence-electron chi connectivity index (χ4n) is 3.28. The van der Waals surface area contributed by atoms with Crippen molar-refractivity contribution in [1.82, 2.24) is 9.97 Å². The maximum Gasteiger partial charge on any atom is 0.280 e. The summed E-state index contributed by atoms with van der Waals surface area (Å²) in [6, 6.07) is 6.66. The molecule has 2 atom stereocenters. The summed E-state index contributed by atoms with van der Waals surface area (Å²) in [4.78, 5) is 8.59. The topological polar surface area (TPSA) is 89.9 Å². The van der Waals surface area contributed by atoms with Crippen LogP contribution >= 0.6 is 0 Å². The fourth-order valence-corrected chi connectivity index (χ4v) is 3.28. The van der Waals surface area contributed by atoms with Crippen molar-refractivity contribution in [3.8, 4) is 0 Å². The largest absolute Gasteiger partial charge is 0.619 e. The number of nitrogen functional groups attached to an aromatic ring is 1. The molecule has 0 aliphatic heterocycles. The molecule has 23 heavy (non-hydrogen) atoms. The Hall–Kier alpha value is -2.63. The second-order valence-electron chi connectivity index (χ2n) is 6.25. The number of fused-ring (bicyclic) bond motifs is 1. The van der Waals surface area contributed by atoms with E-state index in [1.807, 2.05) is 0 Å². The van der Waals surface area contributed by atoms with Crippen LogP contribution in [0.4, 0.5) is 17.5 Å². The van der Waals surface area contributed by atoms with Gasteiger partial charge < -0.3 is 16.3 Å². The monoisotopic (exact) mass is 311 g/mol. The molecule has 0 unspecified atom stereocenters. The van der Waals surface area contributed by atoms with Crippen molar-refractivity contribution in [2.45, 2.75) is 33.2 Å². The van der Waals surface area contributed by atoms with Crippen LogP contribution in [0.5, 0.6) is 0 Å². The van der Waals surface area contributed by atoms with Crippen LogP contribution in [0.2, 0.25) is 0 Å². The molecule has 0 saturated heterocycles. The molecule has 1 aromatic carbocycles. The molecule has 0 spiro atoms. The highest BCUT2D eigenvalue weighted by atomic mass is 16.5. The molecular formula is C17H21N5O. The van der Waals surface area contributed by atoms with Gasteiger partial charge in [0.2, 0.25) is 11.8 Å². The van der Waals surface area contributed by atoms with Gasteiger partial charge in [0.05, 0.1) is 6.04 Å². The molecule has 0 bridgehead atoms. The quantitative estimate of drug-likeness (QED) is 0.394. The molecule has 1 heterocycles. The first-order chi connectivity index (χ1) is 10.9. The molecule has 2 aromatic rings. The maximum atomic E-state index is 11.4. The smallest absolute Gasteiger partial charge is 0.280 e. The van der Waals surface area contributed by atoms with Gasteiger partial charge in [0.1, 0.15) is 12.4 Å². The Morgan fingerprint density at radius 1 is 1.35 bits per heavy atom. The normalized spacial score (nSPS) is 19.4. The average molecular weight is 311 g/mol. The summed E-state index contributed by atoms with van der Waals surface area (Å²) in [5.41, 5.74) is 10.5. The molecule has 0 saturated carbocycles. The van der Waals surface area contributed by atoms with Gasteiger partial charge in [0.25, 0.3) is 5.69 Å². The van der Waals surface area contributed by atoms with Gasteiger partial charge in [-0.15, -0.1) is 0 Å². The fraction of sp³-hybridized carbons (Fsp3) is 0.353. The van der Waals surface area contributed by atoms with Crippen molar-refractivity contribution in [3.63, 3.8) is 0 Å². The molecule has 1 aliphatic rings. The highest BCUT2D eigenvalue weighted by molar-refractivity contribution is 5.59. The van der Waals surface area contributed by atoms with Crippen molar-refractivity contribution in [2.24, 2.45) is 5.92 Å². The van der Waals surface area contributed by atoms with E-state index in [0.717, 1.165) is 6.42 Å². The van der Waals surface area contributed by atoms with Crippen LogP contribution in [0.1, 0.15) is 35.3 Å². The van der Waals surface area contributed by atoms with Gasteiger partial charge in [-0.2, -0.15) is 9.72 Å². The van der Waals surface area contributed by atoms with E-state index in [2.05, 4.69) is 54.0 Å². The van der Waals surface area contributed by atoms with Crippen LogP contribution in [0.25, 0.3) is 0 Å². The van der Waals surface area contributed by atoms with Crippen LogP contribution < -0.4 is 11.1 Å². The minimum atomic E-state index is 0.137. The Bertz CT molecular complexity index is 764. The molecule has 6 heteroatoms. The van der Waals surface area contributed by atoms with E-state index in [9.17, 15) is 5.21 Å². The molecule has 0 amide bonds. The van der Waals surface area contributed by atoms with Crippen molar-refractivity contribution in [1.29, 1.82) is 0 Å². The van der Waals surface area contributed by atoms with E-state index in [-0.39, 0.29) is 17.5 Å². The van der Waals surface area contributed by atoms with Gasteiger partial charge in [-0.25, -0.2) is 4.98 Å². The number of benzene rings is 1. The number of aryl methyl sites for hydroxylation is 2. The van der Waals surface area contributed by atoms with Gasteiger partial charge in [-0.3, -0.25) is 0 Å². The number of nitrogens with one attached hydrogen (secondary N) is 1. The van der Waals surface area contributed by atoms with Crippen LogP contribution in [0, 0.1) is 25.0 Å². The summed E-state index contributed by atoms with van der Waals surface area (Å²) in [6.07, 6.45) is 1.02. The molecule has 3 N–H and O–H groups in total. The standard InChI is InChI=1S/C17H21N5O/c1-9-5-6-12-8-10(2)14(13(12)7-9)20-17-19-11(3)15(22(4)23)16(18)21-17/h5-7,10,14H,4,8H2,1-3H3,(H3,18,19,20,21)/t10-,14+/m0/s1. The predicted molar refractivity (Wildman–Crippen MR) is 92.0 cm³/mol. The lowest BCUT2D eigenvalue weighted by molar-refractivity contribution is -0.350. The number of hydrogen-bond donors (Lipinski definition) is 2. The Balaban J connectivity index is 1.94. The Kier molecular flexibility index (Phi) is 3.67. The number of hydrogen-bond acceptors (Lipinski definition) is 5. The van der Waals surface area contributed by atoms with Crippen molar-refractivity contribution in [3.05, 3.63) is 45.8 Å². The summed E-state index contributed by atoms with van der Waals surface area (Å²) >= 11 is 0. The minimum Gasteiger partial charge on any atom is -0.619 e. The van der Waals surface area contributed by atoms with E-state index in [4.69, 9.17) is 5.73 Å². The van der Waals surface area contributed by atoms with E-state index >= 15 is 0 Å². The highest BCUT2D eigenvalue weighted by Crippen LogP contribution is 2.38. The first-order valence-corrected chi connectivity index (χ1v) is 7.64. The molecule has 6 nitrogen and oxygen atoms in total. The lowest BCUT2D eigenvalue weighted by Gasteiger charge is -2.19. The van der Waals surface area contributed by atoms with Gasteiger partial charge in [-0.1, -0.05) is 30.7 Å². The second kappa shape index (κ2) is 5.53. The van der Waals surface area contributed by atoms with Crippen LogP contribution in [0.15, 0.2) is 18.2 Å². The third kappa shape index (κ3) is 2.72. The molecule has 0 radical (unpaired) electrons. The Morgan fingerprint density at radius 3 is 2.74 bits per heavy atom. The Morgan fingerprint density at radius 2 is 2.09 bits per heavy atom. The van der Waals surface area contributed by atoms with E-state index < -0.39 is 0 Å². The zero-order chi connectivity index (χ0) is 16.7. The number of nitrogens with two attached hydrogens (primary N) is 1. The SMILES string of the molecule is C=[N+]([O-])c1c(C)nc(N[C@H]2c3cc(C)ccc3C[C@@H]2C)nc1N. The van der Waals surface area contributed by atoms with Crippen LogP contribution in [-0.4, -0.2) is 21.4 Å². The minimum absolute atomic E-state index is 0.137. The van der Waals surface area contributed by atoms with Gasteiger partial charge in [0, 0.05) is 0 Å². The van der Waals surface area contributed by atoms with Crippen molar-refractivity contribution in [2.75, 3.05) is 11.1 Å². The first-order valence-electron chi connectivity index (χ1n) is 7.64. The van der Waals surface area contributed by atoms with Crippen molar-refractivity contribution >= 4 is 24.2 Å². The average Bonchev–Trinajstić information content (AvgIpc) is 2.74. The van der Waals surface area contributed by atoms with Gasteiger partial charge >= 0.3 is 0 Å². The zero-order valence-electron chi connectivity index (χ0n) is 13.6. The van der Waals surface area contributed by atoms with E-state index in [1.165, 1.54) is 16.7 Å². The van der Waals surface area contributed by atoms with E-state index in [0.29, 0.717) is 22.3 Å². The molecule has 1 aromatic heterocycles. The molecular weight excluding hydrogens is 290 g/mol. The summed E-state index contributed by atoms with van der Waals surface area (Å²) < 4.78 is 0.450. The number of anilines is 2. The van der Waals surface area contributed by atoms with Gasteiger partial charge in [-0.05, 0) is 37.3 Å². The molecule has 0 fully saturated rings. The number of aromatic nitrogens is 2.